The first-order valence-electron chi connectivity index (χ1n) is 9.33. The highest BCUT2D eigenvalue weighted by Gasteiger charge is 2.35. The Labute approximate surface area is 162 Å². The number of pyridine rings is 1. The monoisotopic (exact) mass is 381 g/mol. The molecule has 1 aliphatic heterocycles. The van der Waals surface area contributed by atoms with E-state index in [-0.39, 0.29) is 11.8 Å². The second-order valence-electron chi connectivity index (χ2n) is 7.10. The molecule has 2 unspecified atom stereocenters. The molecule has 1 fully saturated rings. The fourth-order valence-electron chi connectivity index (χ4n) is 3.78. The molecule has 2 aromatic heterocycles. The average Bonchev–Trinajstić information content (AvgIpc) is 3.24. The fourth-order valence-corrected chi connectivity index (χ4v) is 4.75. The molecule has 27 heavy (non-hydrogen) atoms. The summed E-state index contributed by atoms with van der Waals surface area (Å²) in [6.07, 6.45) is 2.86. The van der Waals surface area contributed by atoms with Crippen LogP contribution in [0, 0.1) is 12.8 Å². The summed E-state index contributed by atoms with van der Waals surface area (Å²) < 4.78 is 0. The number of hydrogen-bond donors (Lipinski definition) is 1. The van der Waals surface area contributed by atoms with Gasteiger partial charge in [-0.1, -0.05) is 25.1 Å². The summed E-state index contributed by atoms with van der Waals surface area (Å²) in [6, 6.07) is 10.1. The summed E-state index contributed by atoms with van der Waals surface area (Å²) in [6.45, 7) is 4.87. The molecule has 1 aliphatic rings. The molecule has 0 spiro atoms. The maximum Gasteiger partial charge on any atom is 0.265 e. The number of aliphatic hydroxyl groups is 1. The first-order chi connectivity index (χ1) is 13.1. The number of β-amino-alcohol motifs (C(OH)–C–C–N with tert-alkyl or cyclic N) is 1. The van der Waals surface area contributed by atoms with E-state index in [4.69, 9.17) is 0 Å². The lowest BCUT2D eigenvalue weighted by Gasteiger charge is -2.16. The molecule has 1 N–H and O–H groups in total. The Hall–Kier alpha value is -2.31. The molecule has 3 heterocycles. The zero-order valence-electron chi connectivity index (χ0n) is 15.6. The molecule has 1 saturated heterocycles. The van der Waals surface area contributed by atoms with E-state index in [0.29, 0.717) is 18.0 Å². The van der Waals surface area contributed by atoms with Gasteiger partial charge in [0.05, 0.1) is 22.3 Å². The Bertz CT molecular complexity index is 979. The minimum absolute atomic E-state index is 0.00848. The number of amides is 1. The van der Waals surface area contributed by atoms with Gasteiger partial charge in [0.25, 0.3) is 5.91 Å². The van der Waals surface area contributed by atoms with Gasteiger partial charge >= 0.3 is 0 Å². The van der Waals surface area contributed by atoms with Gasteiger partial charge < -0.3 is 10.0 Å². The molecule has 3 aromatic rings. The van der Waals surface area contributed by atoms with Crippen molar-refractivity contribution < 1.29 is 9.90 Å². The standard InChI is InChI=1S/C21H23N3O2S/c1-3-19-23-13(2)20(27-19)21(26)24-11-15(18(25)12-24)10-14-8-9-22-17-7-5-4-6-16(14)17/h4-9,15,18,25H,3,10-12H2,1-2H3. The number of rotatable bonds is 4. The van der Waals surface area contributed by atoms with Crippen molar-refractivity contribution in [3.05, 3.63) is 57.7 Å². The van der Waals surface area contributed by atoms with Crippen molar-refractivity contribution >= 4 is 28.1 Å². The third-order valence-corrected chi connectivity index (χ3v) is 6.54. The number of aryl methyl sites for hydroxylation is 2. The lowest BCUT2D eigenvalue weighted by Crippen LogP contribution is -2.29. The largest absolute Gasteiger partial charge is 0.391 e. The molecule has 140 valence electrons. The summed E-state index contributed by atoms with van der Waals surface area (Å²) in [4.78, 5) is 24.3. The molecule has 2 atom stereocenters. The number of aliphatic hydroxyl groups excluding tert-OH is 1. The number of nitrogens with zero attached hydrogens (tertiary/aromatic N) is 3. The summed E-state index contributed by atoms with van der Waals surface area (Å²) in [7, 11) is 0. The van der Waals surface area contributed by atoms with Crippen LogP contribution < -0.4 is 0 Å². The van der Waals surface area contributed by atoms with Crippen LogP contribution in [0.25, 0.3) is 10.9 Å². The number of carbonyl (C=O) groups is 1. The fraction of sp³-hybridized carbons (Fsp3) is 0.381. The predicted molar refractivity (Wildman–Crippen MR) is 107 cm³/mol. The van der Waals surface area contributed by atoms with Crippen LogP contribution in [-0.4, -0.2) is 45.1 Å². The highest BCUT2D eigenvalue weighted by atomic mass is 32.1. The molecular formula is C21H23N3O2S. The Balaban J connectivity index is 1.53. The van der Waals surface area contributed by atoms with E-state index in [1.807, 2.05) is 44.3 Å². The van der Waals surface area contributed by atoms with Gasteiger partial charge in [0.15, 0.2) is 0 Å². The number of thiazole rings is 1. The Morgan fingerprint density at radius 3 is 2.89 bits per heavy atom. The summed E-state index contributed by atoms with van der Waals surface area (Å²) in [5, 5.41) is 12.7. The van der Waals surface area contributed by atoms with Gasteiger partial charge in [0.1, 0.15) is 4.88 Å². The molecule has 0 bridgehead atoms. The zero-order chi connectivity index (χ0) is 19.0. The molecule has 1 amide bonds. The van der Waals surface area contributed by atoms with Gasteiger partial charge in [0, 0.05) is 30.6 Å². The van der Waals surface area contributed by atoms with E-state index < -0.39 is 6.10 Å². The van der Waals surface area contributed by atoms with Crippen LogP contribution in [0.3, 0.4) is 0 Å². The van der Waals surface area contributed by atoms with Gasteiger partial charge in [-0.2, -0.15) is 0 Å². The van der Waals surface area contributed by atoms with Crippen molar-refractivity contribution in [3.8, 4) is 0 Å². The van der Waals surface area contributed by atoms with E-state index in [2.05, 4.69) is 16.0 Å². The number of benzene rings is 1. The van der Waals surface area contributed by atoms with Crippen molar-refractivity contribution in [2.75, 3.05) is 13.1 Å². The first-order valence-corrected chi connectivity index (χ1v) is 10.1. The van der Waals surface area contributed by atoms with Crippen LogP contribution in [0.4, 0.5) is 0 Å². The van der Waals surface area contributed by atoms with E-state index in [0.717, 1.165) is 34.4 Å². The van der Waals surface area contributed by atoms with Crippen molar-refractivity contribution in [3.63, 3.8) is 0 Å². The third-order valence-electron chi connectivity index (χ3n) is 5.25. The molecule has 5 nitrogen and oxygen atoms in total. The van der Waals surface area contributed by atoms with Crippen molar-refractivity contribution in [2.24, 2.45) is 5.92 Å². The Morgan fingerprint density at radius 1 is 1.30 bits per heavy atom. The normalized spacial score (nSPS) is 19.7. The Kier molecular flexibility index (Phi) is 4.93. The second kappa shape index (κ2) is 7.37. The summed E-state index contributed by atoms with van der Waals surface area (Å²) >= 11 is 1.47. The lowest BCUT2D eigenvalue weighted by atomic mass is 9.94. The average molecular weight is 382 g/mol. The molecule has 6 heteroatoms. The Morgan fingerprint density at radius 2 is 2.11 bits per heavy atom. The smallest absolute Gasteiger partial charge is 0.265 e. The van der Waals surface area contributed by atoms with Gasteiger partial charge in [-0.25, -0.2) is 4.98 Å². The summed E-state index contributed by atoms with van der Waals surface area (Å²) in [5.74, 6) is 0.0180. The van der Waals surface area contributed by atoms with E-state index in [9.17, 15) is 9.90 Å². The van der Waals surface area contributed by atoms with Crippen molar-refractivity contribution in [1.82, 2.24) is 14.9 Å². The molecule has 1 aromatic carbocycles. The molecule has 0 saturated carbocycles. The maximum atomic E-state index is 12.9. The second-order valence-corrected chi connectivity index (χ2v) is 8.19. The highest BCUT2D eigenvalue weighted by Crippen LogP contribution is 2.28. The van der Waals surface area contributed by atoms with Gasteiger partial charge in [-0.3, -0.25) is 9.78 Å². The number of carbonyl (C=O) groups excluding carboxylic acids is 1. The van der Waals surface area contributed by atoms with Gasteiger partial charge in [-0.15, -0.1) is 11.3 Å². The van der Waals surface area contributed by atoms with Crippen molar-refractivity contribution in [2.45, 2.75) is 32.8 Å². The first kappa shape index (κ1) is 18.1. The minimum Gasteiger partial charge on any atom is -0.391 e. The summed E-state index contributed by atoms with van der Waals surface area (Å²) in [5.41, 5.74) is 2.92. The topological polar surface area (TPSA) is 66.3 Å². The molecular weight excluding hydrogens is 358 g/mol. The number of aromatic nitrogens is 2. The number of hydrogen-bond acceptors (Lipinski definition) is 5. The highest BCUT2D eigenvalue weighted by molar-refractivity contribution is 7.13. The van der Waals surface area contributed by atoms with Gasteiger partial charge in [0.2, 0.25) is 0 Å². The number of fused-ring (bicyclic) bond motifs is 1. The van der Waals surface area contributed by atoms with Gasteiger partial charge in [-0.05, 0) is 37.5 Å². The lowest BCUT2D eigenvalue weighted by molar-refractivity contribution is 0.0768. The van der Waals surface area contributed by atoms with Crippen LogP contribution in [-0.2, 0) is 12.8 Å². The van der Waals surface area contributed by atoms with Crippen LogP contribution in [0.5, 0.6) is 0 Å². The number of likely N-dealkylation sites (tertiary alicyclic amines) is 1. The third kappa shape index (κ3) is 3.47. The van der Waals surface area contributed by atoms with Crippen LogP contribution in [0.2, 0.25) is 0 Å². The van der Waals surface area contributed by atoms with E-state index >= 15 is 0 Å². The molecule has 0 aliphatic carbocycles. The minimum atomic E-state index is -0.514. The van der Waals surface area contributed by atoms with Crippen LogP contribution in [0.1, 0.15) is 32.9 Å². The maximum absolute atomic E-state index is 12.9. The van der Waals surface area contributed by atoms with E-state index in [1.165, 1.54) is 16.9 Å². The quantitative estimate of drug-likeness (QED) is 0.753. The predicted octanol–water partition coefficient (Wildman–Crippen LogP) is 3.24. The van der Waals surface area contributed by atoms with Crippen LogP contribution >= 0.6 is 11.3 Å². The molecule has 0 radical (unpaired) electrons. The zero-order valence-corrected chi connectivity index (χ0v) is 16.4. The van der Waals surface area contributed by atoms with Crippen molar-refractivity contribution in [1.29, 1.82) is 0 Å². The van der Waals surface area contributed by atoms with Crippen LogP contribution in [0.15, 0.2) is 36.5 Å². The SMILES string of the molecule is CCc1nc(C)c(C(=O)N2CC(O)C(Cc3ccnc4ccccc34)C2)s1. The van der Waals surface area contributed by atoms with E-state index in [1.54, 1.807) is 4.90 Å². The molecule has 4 rings (SSSR count). The number of para-hydroxylation sites is 1.